The van der Waals surface area contributed by atoms with E-state index in [4.69, 9.17) is 9.47 Å². The van der Waals surface area contributed by atoms with Crippen LogP contribution < -0.4 is 0 Å². The van der Waals surface area contributed by atoms with Crippen LogP contribution in [-0.4, -0.2) is 27.2 Å². The molecule has 0 aliphatic carbocycles. The van der Waals surface area contributed by atoms with E-state index in [1.165, 1.54) is 0 Å². The molecule has 1 aliphatic rings. The maximum Gasteiger partial charge on any atom is 0.180 e. The van der Waals surface area contributed by atoms with Crippen LogP contribution in [0.4, 0.5) is 0 Å². The minimum Gasteiger partial charge on any atom is -0.354 e. The highest BCUT2D eigenvalue weighted by molar-refractivity contribution is 6.76. The largest absolute Gasteiger partial charge is 0.354 e. The predicted octanol–water partition coefficient (Wildman–Crippen LogP) is 1.24. The molecule has 1 atom stereocenters. The monoisotopic (exact) mass is 146 g/mol. The molecular formula is C6H14O2Si. The van der Waals surface area contributed by atoms with E-state index in [9.17, 15) is 0 Å². The zero-order valence-electron chi connectivity index (χ0n) is 6.31. The summed E-state index contributed by atoms with van der Waals surface area (Å²) in [6, 6.07) is 0. The molecule has 0 aromatic rings. The van der Waals surface area contributed by atoms with Crippen molar-refractivity contribution in [3.8, 4) is 0 Å². The van der Waals surface area contributed by atoms with E-state index >= 15 is 0 Å². The van der Waals surface area contributed by atoms with Crippen LogP contribution in [-0.2, 0) is 9.47 Å². The Morgan fingerprint density at radius 1 is 1.56 bits per heavy atom. The van der Waals surface area contributed by atoms with Crippen molar-refractivity contribution in [2.45, 2.75) is 25.9 Å². The SMILES string of the molecule is C[Si](C)(C)COC1CO1. The Kier molecular flexibility index (Phi) is 1.93. The van der Waals surface area contributed by atoms with E-state index in [-0.39, 0.29) is 6.29 Å². The number of ether oxygens (including phenoxy) is 2. The second kappa shape index (κ2) is 2.40. The molecule has 0 radical (unpaired) electrons. The van der Waals surface area contributed by atoms with Gasteiger partial charge in [0.25, 0.3) is 0 Å². The third kappa shape index (κ3) is 3.67. The smallest absolute Gasteiger partial charge is 0.180 e. The summed E-state index contributed by atoms with van der Waals surface area (Å²) in [6.45, 7) is 7.67. The summed E-state index contributed by atoms with van der Waals surface area (Å²) in [6.07, 6.45) is 1.08. The normalized spacial score (nSPS) is 26.3. The van der Waals surface area contributed by atoms with E-state index < -0.39 is 8.07 Å². The topological polar surface area (TPSA) is 21.8 Å². The first-order chi connectivity index (χ1) is 4.08. The summed E-state index contributed by atoms with van der Waals surface area (Å²) in [7, 11) is -0.982. The van der Waals surface area contributed by atoms with E-state index in [0.717, 1.165) is 12.8 Å². The maximum atomic E-state index is 5.36. The first kappa shape index (κ1) is 7.25. The second-order valence-corrected chi connectivity index (χ2v) is 9.04. The van der Waals surface area contributed by atoms with Crippen LogP contribution in [0.2, 0.25) is 19.6 Å². The molecule has 0 amide bonds. The van der Waals surface area contributed by atoms with Crippen LogP contribution in [0.1, 0.15) is 0 Å². The summed E-state index contributed by atoms with van der Waals surface area (Å²) >= 11 is 0. The lowest BCUT2D eigenvalue weighted by Crippen LogP contribution is -2.28. The third-order valence-corrected chi connectivity index (χ3v) is 2.04. The summed E-state index contributed by atoms with van der Waals surface area (Å²) in [5.41, 5.74) is 0. The molecule has 1 saturated heterocycles. The number of hydrogen-bond donors (Lipinski definition) is 0. The van der Waals surface area contributed by atoms with Crippen molar-refractivity contribution in [3.05, 3.63) is 0 Å². The van der Waals surface area contributed by atoms with Gasteiger partial charge in [0.05, 0.1) is 8.07 Å². The molecule has 0 saturated carbocycles. The Labute approximate surface area is 57.2 Å². The van der Waals surface area contributed by atoms with Crippen molar-refractivity contribution in [2.75, 3.05) is 12.8 Å². The van der Waals surface area contributed by atoms with Gasteiger partial charge in [0, 0.05) is 6.23 Å². The Hall–Kier alpha value is 0.137. The van der Waals surface area contributed by atoms with Crippen LogP contribution in [0.5, 0.6) is 0 Å². The summed E-state index contributed by atoms with van der Waals surface area (Å²) in [5.74, 6) is 0. The molecular weight excluding hydrogens is 132 g/mol. The van der Waals surface area contributed by atoms with Gasteiger partial charge < -0.3 is 9.47 Å². The highest BCUT2D eigenvalue weighted by Gasteiger charge is 2.25. The van der Waals surface area contributed by atoms with Crippen molar-refractivity contribution in [1.82, 2.24) is 0 Å². The molecule has 1 fully saturated rings. The molecule has 1 heterocycles. The Morgan fingerprint density at radius 2 is 2.11 bits per heavy atom. The molecule has 9 heavy (non-hydrogen) atoms. The molecule has 0 aromatic carbocycles. The summed E-state index contributed by atoms with van der Waals surface area (Å²) in [5, 5.41) is 0. The lowest BCUT2D eigenvalue weighted by Gasteiger charge is -2.13. The van der Waals surface area contributed by atoms with Gasteiger partial charge in [0.15, 0.2) is 6.29 Å². The first-order valence-electron chi connectivity index (χ1n) is 3.31. The first-order valence-corrected chi connectivity index (χ1v) is 7.02. The van der Waals surface area contributed by atoms with Crippen LogP contribution in [0.3, 0.4) is 0 Å². The molecule has 0 aromatic heterocycles. The fourth-order valence-electron chi connectivity index (χ4n) is 0.478. The molecule has 0 bridgehead atoms. The lowest BCUT2D eigenvalue weighted by atomic mass is 10.9. The Bertz CT molecular complexity index is 93.7. The highest BCUT2D eigenvalue weighted by atomic mass is 28.3. The van der Waals surface area contributed by atoms with Gasteiger partial charge in [-0.25, -0.2) is 0 Å². The third-order valence-electron chi connectivity index (χ3n) is 1.00. The zero-order chi connectivity index (χ0) is 6.91. The average Bonchev–Trinajstić information content (AvgIpc) is 2.38. The van der Waals surface area contributed by atoms with E-state index in [1.54, 1.807) is 0 Å². The summed E-state index contributed by atoms with van der Waals surface area (Å²) in [4.78, 5) is 0. The van der Waals surface area contributed by atoms with Crippen molar-refractivity contribution >= 4 is 8.07 Å². The van der Waals surface area contributed by atoms with Gasteiger partial charge in [-0.3, -0.25) is 0 Å². The highest BCUT2D eigenvalue weighted by Crippen LogP contribution is 2.12. The fraction of sp³-hybridized carbons (Fsp3) is 1.00. The number of hydrogen-bond acceptors (Lipinski definition) is 2. The van der Waals surface area contributed by atoms with Crippen LogP contribution in [0.25, 0.3) is 0 Å². The fourth-order valence-corrected chi connectivity index (χ4v) is 1.16. The molecule has 0 N–H and O–H groups in total. The second-order valence-electron chi connectivity index (χ2n) is 3.63. The van der Waals surface area contributed by atoms with Gasteiger partial charge in [-0.2, -0.15) is 0 Å². The van der Waals surface area contributed by atoms with Crippen molar-refractivity contribution in [3.63, 3.8) is 0 Å². The van der Waals surface area contributed by atoms with Crippen LogP contribution in [0, 0.1) is 0 Å². The minimum atomic E-state index is -0.982. The molecule has 3 heteroatoms. The van der Waals surface area contributed by atoms with E-state index in [1.807, 2.05) is 0 Å². The molecule has 1 unspecified atom stereocenters. The average molecular weight is 146 g/mol. The molecule has 0 spiro atoms. The van der Waals surface area contributed by atoms with Crippen molar-refractivity contribution < 1.29 is 9.47 Å². The van der Waals surface area contributed by atoms with E-state index in [2.05, 4.69) is 19.6 Å². The molecule has 1 rings (SSSR count). The van der Waals surface area contributed by atoms with Gasteiger partial charge >= 0.3 is 0 Å². The maximum absolute atomic E-state index is 5.36. The van der Waals surface area contributed by atoms with Gasteiger partial charge in [-0.1, -0.05) is 19.6 Å². The van der Waals surface area contributed by atoms with Crippen LogP contribution in [0.15, 0.2) is 0 Å². The Balaban J connectivity index is 2.03. The van der Waals surface area contributed by atoms with Crippen molar-refractivity contribution in [2.24, 2.45) is 0 Å². The summed E-state index contributed by atoms with van der Waals surface area (Å²) < 4.78 is 10.3. The molecule has 1 aliphatic heterocycles. The minimum absolute atomic E-state index is 0.150. The molecule has 2 nitrogen and oxygen atoms in total. The zero-order valence-corrected chi connectivity index (χ0v) is 7.31. The van der Waals surface area contributed by atoms with Crippen molar-refractivity contribution in [1.29, 1.82) is 0 Å². The Morgan fingerprint density at radius 3 is 2.44 bits per heavy atom. The van der Waals surface area contributed by atoms with Gasteiger partial charge in [0.1, 0.15) is 6.61 Å². The number of rotatable bonds is 3. The lowest BCUT2D eigenvalue weighted by molar-refractivity contribution is 0.0771. The quantitative estimate of drug-likeness (QED) is 0.441. The predicted molar refractivity (Wildman–Crippen MR) is 39.0 cm³/mol. The van der Waals surface area contributed by atoms with Crippen LogP contribution >= 0.6 is 0 Å². The molecule has 54 valence electrons. The van der Waals surface area contributed by atoms with E-state index in [0.29, 0.717) is 0 Å². The standard InChI is InChI=1S/C6H14O2Si/c1-9(2,3)5-8-6-4-7-6/h6H,4-5H2,1-3H3. The van der Waals surface area contributed by atoms with Gasteiger partial charge in [-0.05, 0) is 0 Å². The van der Waals surface area contributed by atoms with Gasteiger partial charge in [0.2, 0.25) is 0 Å². The number of epoxide rings is 1. The van der Waals surface area contributed by atoms with Gasteiger partial charge in [-0.15, -0.1) is 0 Å².